The lowest BCUT2D eigenvalue weighted by atomic mass is 9.95. The molecular formula is C25H26N2O5S. The molecule has 1 N–H and O–H groups in total. The predicted octanol–water partition coefficient (Wildman–Crippen LogP) is 4.84. The number of ether oxygens (including phenoxy) is 2. The van der Waals surface area contributed by atoms with E-state index in [2.05, 4.69) is 10.3 Å². The first kappa shape index (κ1) is 22.8. The van der Waals surface area contributed by atoms with Crippen LogP contribution < -0.4 is 10.1 Å². The lowest BCUT2D eigenvalue weighted by Crippen LogP contribution is -2.23. The molecule has 0 fully saturated rings. The minimum atomic E-state index is -0.400. The first-order valence-electron chi connectivity index (χ1n) is 11.0. The van der Waals surface area contributed by atoms with Crippen molar-refractivity contribution in [1.82, 2.24) is 5.32 Å². The molecule has 0 saturated heterocycles. The fourth-order valence-corrected chi connectivity index (χ4v) is 4.90. The Kier molecular flexibility index (Phi) is 7.57. The molecule has 4 rings (SSSR count). The second kappa shape index (κ2) is 11.0. The Hall–Kier alpha value is -3.39. The van der Waals surface area contributed by atoms with E-state index in [1.54, 1.807) is 48.9 Å². The van der Waals surface area contributed by atoms with Gasteiger partial charge in [-0.3, -0.25) is 4.79 Å². The van der Waals surface area contributed by atoms with Crippen LogP contribution in [-0.2, 0) is 28.9 Å². The van der Waals surface area contributed by atoms with Gasteiger partial charge in [-0.2, -0.15) is 0 Å². The van der Waals surface area contributed by atoms with Gasteiger partial charge in [0.2, 0.25) is 0 Å². The Labute approximate surface area is 196 Å². The number of thiophene rings is 1. The van der Waals surface area contributed by atoms with Crippen LogP contribution in [0.15, 0.2) is 52.1 Å². The molecule has 7 nitrogen and oxygen atoms in total. The largest absolute Gasteiger partial charge is 0.482 e. The van der Waals surface area contributed by atoms with Crippen LogP contribution >= 0.6 is 11.3 Å². The van der Waals surface area contributed by atoms with Gasteiger partial charge in [0.25, 0.3) is 5.91 Å². The summed E-state index contributed by atoms with van der Waals surface area (Å²) in [5.74, 6) is 0.760. The van der Waals surface area contributed by atoms with Gasteiger partial charge in [-0.05, 0) is 80.1 Å². The fourth-order valence-electron chi connectivity index (χ4n) is 3.67. The van der Waals surface area contributed by atoms with Gasteiger partial charge in [0.05, 0.1) is 25.0 Å². The smallest absolute Gasteiger partial charge is 0.344 e. The van der Waals surface area contributed by atoms with E-state index in [0.29, 0.717) is 30.2 Å². The summed E-state index contributed by atoms with van der Waals surface area (Å²) in [5.41, 5.74) is 2.66. The number of esters is 1. The van der Waals surface area contributed by atoms with Crippen LogP contribution in [0.1, 0.15) is 51.9 Å². The van der Waals surface area contributed by atoms with E-state index in [4.69, 9.17) is 13.9 Å². The molecule has 0 aliphatic heterocycles. The average molecular weight is 467 g/mol. The van der Waals surface area contributed by atoms with Gasteiger partial charge in [0, 0.05) is 11.1 Å². The lowest BCUT2D eigenvalue weighted by molar-refractivity contribution is -0.145. The number of hydrogen-bond acceptors (Lipinski definition) is 7. The summed E-state index contributed by atoms with van der Waals surface area (Å²) in [6.45, 7) is 2.29. The number of nitrogens with zero attached hydrogens (tertiary/aromatic N) is 1. The maximum absolute atomic E-state index is 13.0. The van der Waals surface area contributed by atoms with E-state index in [1.165, 1.54) is 4.88 Å². The van der Waals surface area contributed by atoms with Crippen LogP contribution in [0.4, 0.5) is 5.00 Å². The SMILES string of the molecule is CCOC(=O)COc1ccc(C=Nc2sc3c(c2C(=O)NCc2ccco2)CCCC3)cc1. The van der Waals surface area contributed by atoms with Crippen molar-refractivity contribution >= 4 is 34.4 Å². The molecule has 2 aromatic heterocycles. The zero-order chi connectivity index (χ0) is 23.0. The predicted molar refractivity (Wildman–Crippen MR) is 127 cm³/mol. The van der Waals surface area contributed by atoms with E-state index in [9.17, 15) is 9.59 Å². The Morgan fingerprint density at radius 2 is 2.00 bits per heavy atom. The van der Waals surface area contributed by atoms with Gasteiger partial charge in [0.15, 0.2) is 6.61 Å². The summed E-state index contributed by atoms with van der Waals surface area (Å²) in [5, 5.41) is 3.69. The molecule has 0 unspecified atom stereocenters. The minimum absolute atomic E-state index is 0.124. The van der Waals surface area contributed by atoms with Crippen molar-refractivity contribution in [3.8, 4) is 5.75 Å². The number of benzene rings is 1. The normalized spacial score (nSPS) is 13.0. The van der Waals surface area contributed by atoms with Gasteiger partial charge < -0.3 is 19.2 Å². The number of furan rings is 1. The minimum Gasteiger partial charge on any atom is -0.482 e. The lowest BCUT2D eigenvalue weighted by Gasteiger charge is -2.12. The molecule has 33 heavy (non-hydrogen) atoms. The highest BCUT2D eigenvalue weighted by molar-refractivity contribution is 7.16. The Bertz CT molecular complexity index is 1120. The van der Waals surface area contributed by atoms with Crippen LogP contribution in [0, 0.1) is 0 Å². The summed E-state index contributed by atoms with van der Waals surface area (Å²) in [7, 11) is 0. The molecule has 0 saturated carbocycles. The Balaban J connectivity index is 1.47. The number of aliphatic imine (C=N–C) groups is 1. The zero-order valence-electron chi connectivity index (χ0n) is 18.5. The first-order valence-corrected chi connectivity index (χ1v) is 11.8. The molecule has 0 atom stereocenters. The van der Waals surface area contributed by atoms with Crippen molar-refractivity contribution in [3.63, 3.8) is 0 Å². The first-order chi connectivity index (χ1) is 16.1. The van der Waals surface area contributed by atoms with E-state index in [0.717, 1.165) is 41.8 Å². The summed E-state index contributed by atoms with van der Waals surface area (Å²) < 4.78 is 15.6. The molecule has 0 bridgehead atoms. The highest BCUT2D eigenvalue weighted by Crippen LogP contribution is 2.39. The molecule has 2 heterocycles. The van der Waals surface area contributed by atoms with Crippen LogP contribution in [0.5, 0.6) is 5.75 Å². The van der Waals surface area contributed by atoms with Crippen molar-refractivity contribution in [2.75, 3.05) is 13.2 Å². The third kappa shape index (κ3) is 5.90. The van der Waals surface area contributed by atoms with Gasteiger partial charge in [-0.15, -0.1) is 11.3 Å². The van der Waals surface area contributed by atoms with Crippen LogP contribution in [0.3, 0.4) is 0 Å². The van der Waals surface area contributed by atoms with Crippen LogP contribution in [-0.4, -0.2) is 31.3 Å². The number of carbonyl (C=O) groups is 2. The molecule has 0 spiro atoms. The molecule has 1 aliphatic carbocycles. The molecule has 3 aromatic rings. The van der Waals surface area contributed by atoms with Gasteiger partial charge in [-0.25, -0.2) is 9.79 Å². The number of rotatable bonds is 9. The third-order valence-corrected chi connectivity index (χ3v) is 6.46. The standard InChI is InChI=1S/C25H26N2O5S/c1-2-30-22(28)16-32-18-11-9-17(10-12-18)14-27-25-23(20-7-3-4-8-21(20)33-25)24(29)26-15-19-6-5-13-31-19/h5-6,9-14H,2-4,7-8,15-16H2,1H3,(H,26,29). The Morgan fingerprint density at radius 3 is 2.76 bits per heavy atom. The van der Waals surface area contributed by atoms with Crippen LogP contribution in [0.2, 0.25) is 0 Å². The molecule has 1 aliphatic rings. The highest BCUT2D eigenvalue weighted by atomic mass is 32.1. The maximum atomic E-state index is 13.0. The Morgan fingerprint density at radius 1 is 1.18 bits per heavy atom. The zero-order valence-corrected chi connectivity index (χ0v) is 19.3. The van der Waals surface area contributed by atoms with E-state index in [-0.39, 0.29) is 12.5 Å². The second-order valence-electron chi connectivity index (χ2n) is 7.57. The van der Waals surface area contributed by atoms with Gasteiger partial charge in [0.1, 0.15) is 16.5 Å². The molecule has 1 amide bonds. The molecule has 0 radical (unpaired) electrons. The second-order valence-corrected chi connectivity index (χ2v) is 8.66. The summed E-state index contributed by atoms with van der Waals surface area (Å²) >= 11 is 1.59. The maximum Gasteiger partial charge on any atom is 0.344 e. The number of nitrogens with one attached hydrogen (secondary N) is 1. The van der Waals surface area contributed by atoms with Crippen molar-refractivity contribution in [3.05, 3.63) is 70.0 Å². The number of aryl methyl sites for hydroxylation is 1. The van der Waals surface area contributed by atoms with Gasteiger partial charge >= 0.3 is 5.97 Å². The topological polar surface area (TPSA) is 90.1 Å². The number of carbonyl (C=O) groups excluding carboxylic acids is 2. The number of fused-ring (bicyclic) bond motifs is 1. The highest BCUT2D eigenvalue weighted by Gasteiger charge is 2.25. The molecule has 172 valence electrons. The summed E-state index contributed by atoms with van der Waals surface area (Å²) in [6.07, 6.45) is 7.44. The third-order valence-electron chi connectivity index (χ3n) is 5.26. The monoisotopic (exact) mass is 466 g/mol. The number of amides is 1. The van der Waals surface area contributed by atoms with Gasteiger partial charge in [-0.1, -0.05) is 0 Å². The molecule has 1 aromatic carbocycles. The van der Waals surface area contributed by atoms with Crippen molar-refractivity contribution in [2.45, 2.75) is 39.2 Å². The van der Waals surface area contributed by atoms with Crippen molar-refractivity contribution in [1.29, 1.82) is 0 Å². The molecular weight excluding hydrogens is 440 g/mol. The van der Waals surface area contributed by atoms with E-state index < -0.39 is 5.97 Å². The van der Waals surface area contributed by atoms with E-state index >= 15 is 0 Å². The van der Waals surface area contributed by atoms with Crippen molar-refractivity contribution in [2.24, 2.45) is 4.99 Å². The summed E-state index contributed by atoms with van der Waals surface area (Å²) in [6, 6.07) is 10.9. The number of hydrogen-bond donors (Lipinski definition) is 1. The quantitative estimate of drug-likeness (QED) is 0.360. The fraction of sp³-hybridized carbons (Fsp3) is 0.320. The van der Waals surface area contributed by atoms with E-state index in [1.807, 2.05) is 18.2 Å². The summed E-state index contributed by atoms with van der Waals surface area (Å²) in [4.78, 5) is 30.4. The molecule has 8 heteroatoms. The van der Waals surface area contributed by atoms with Crippen molar-refractivity contribution < 1.29 is 23.5 Å². The van der Waals surface area contributed by atoms with Crippen LogP contribution in [0.25, 0.3) is 0 Å². The average Bonchev–Trinajstić information content (AvgIpc) is 3.48.